The van der Waals surface area contributed by atoms with E-state index in [4.69, 9.17) is 4.74 Å². The molecule has 1 fully saturated rings. The second-order valence-corrected chi connectivity index (χ2v) is 6.42. The first-order valence-electron chi connectivity index (χ1n) is 7.69. The molecular weight excluding hydrogens is 350 g/mol. The monoisotopic (exact) mass is 373 g/mol. The molecule has 0 spiro atoms. The molecule has 24 heavy (non-hydrogen) atoms. The van der Waals surface area contributed by atoms with Crippen molar-refractivity contribution >= 4 is 36.0 Å². The molecule has 1 heterocycles. The average molecular weight is 374 g/mol. The van der Waals surface area contributed by atoms with Crippen LogP contribution in [0, 0.1) is 0 Å². The Labute approximate surface area is 152 Å². The van der Waals surface area contributed by atoms with Gasteiger partial charge < -0.3 is 20.7 Å². The van der Waals surface area contributed by atoms with Gasteiger partial charge in [0.15, 0.2) is 0 Å². The van der Waals surface area contributed by atoms with E-state index in [0.29, 0.717) is 30.8 Å². The van der Waals surface area contributed by atoms with Crippen LogP contribution in [-0.4, -0.2) is 56.1 Å². The van der Waals surface area contributed by atoms with Crippen molar-refractivity contribution < 1.29 is 14.3 Å². The van der Waals surface area contributed by atoms with Crippen molar-refractivity contribution in [2.24, 2.45) is 0 Å². The zero-order valence-electron chi connectivity index (χ0n) is 13.7. The molecule has 0 aliphatic carbocycles. The Hall–Kier alpha value is -1.44. The van der Waals surface area contributed by atoms with E-state index in [1.807, 2.05) is 11.8 Å². The van der Waals surface area contributed by atoms with Gasteiger partial charge >= 0.3 is 0 Å². The topological polar surface area (TPSA) is 79.5 Å². The summed E-state index contributed by atoms with van der Waals surface area (Å²) < 4.78 is 5.09. The predicted octanol–water partition coefficient (Wildman–Crippen LogP) is 1.06. The molecule has 1 aromatic rings. The van der Waals surface area contributed by atoms with Gasteiger partial charge in [-0.2, -0.15) is 11.8 Å². The number of rotatable bonds is 7. The Morgan fingerprint density at radius 1 is 1.33 bits per heavy atom. The number of ether oxygens (including phenoxy) is 1. The Balaban J connectivity index is 0.00000288. The van der Waals surface area contributed by atoms with Gasteiger partial charge in [0.2, 0.25) is 5.91 Å². The van der Waals surface area contributed by atoms with Crippen molar-refractivity contribution in [3.8, 4) is 5.75 Å². The molecule has 1 aliphatic rings. The van der Waals surface area contributed by atoms with Crippen LogP contribution < -0.4 is 20.7 Å². The van der Waals surface area contributed by atoms with E-state index >= 15 is 0 Å². The quantitative estimate of drug-likeness (QED) is 0.623. The number of nitrogens with one attached hydrogen (secondary N) is 3. The third-order valence-corrected chi connectivity index (χ3v) is 4.63. The summed E-state index contributed by atoms with van der Waals surface area (Å²) in [5.74, 6) is 2.56. The average Bonchev–Trinajstić information content (AvgIpc) is 2.59. The van der Waals surface area contributed by atoms with Crippen molar-refractivity contribution in [2.45, 2.75) is 12.5 Å². The second-order valence-electron chi connectivity index (χ2n) is 5.27. The molecule has 1 saturated heterocycles. The molecule has 8 heteroatoms. The Morgan fingerprint density at radius 2 is 2.12 bits per heavy atom. The van der Waals surface area contributed by atoms with E-state index in [0.717, 1.165) is 18.1 Å². The molecule has 0 radical (unpaired) electrons. The van der Waals surface area contributed by atoms with Crippen LogP contribution in [0.2, 0.25) is 0 Å². The number of carbonyl (C=O) groups is 2. The lowest BCUT2D eigenvalue weighted by atomic mass is 10.2. The van der Waals surface area contributed by atoms with Crippen molar-refractivity contribution in [3.05, 3.63) is 29.8 Å². The fourth-order valence-electron chi connectivity index (χ4n) is 2.29. The van der Waals surface area contributed by atoms with Gasteiger partial charge in [-0.3, -0.25) is 9.59 Å². The van der Waals surface area contributed by atoms with Crippen LogP contribution in [0.1, 0.15) is 16.8 Å². The van der Waals surface area contributed by atoms with Gasteiger partial charge in [0.25, 0.3) is 5.91 Å². The van der Waals surface area contributed by atoms with Crippen LogP contribution in [0.5, 0.6) is 5.75 Å². The fraction of sp³-hybridized carbons (Fsp3) is 0.500. The third kappa shape index (κ3) is 6.98. The molecule has 134 valence electrons. The van der Waals surface area contributed by atoms with Crippen LogP contribution in [0.15, 0.2) is 24.3 Å². The molecule has 2 amide bonds. The normalized spacial score (nSPS) is 16.6. The van der Waals surface area contributed by atoms with Gasteiger partial charge in [0.1, 0.15) is 5.75 Å². The molecule has 1 aliphatic heterocycles. The first-order chi connectivity index (χ1) is 11.2. The number of thioether (sulfide) groups is 1. The van der Waals surface area contributed by atoms with Gasteiger partial charge in [-0.15, -0.1) is 12.4 Å². The first-order valence-corrected chi connectivity index (χ1v) is 8.84. The zero-order chi connectivity index (χ0) is 16.5. The van der Waals surface area contributed by atoms with Crippen LogP contribution in [0.3, 0.4) is 0 Å². The molecule has 3 N–H and O–H groups in total. The van der Waals surface area contributed by atoms with E-state index in [1.165, 1.54) is 0 Å². The molecule has 1 atom stereocenters. The summed E-state index contributed by atoms with van der Waals surface area (Å²) in [7, 11) is 1.56. The number of hydrogen-bond acceptors (Lipinski definition) is 5. The van der Waals surface area contributed by atoms with Crippen LogP contribution >= 0.6 is 24.2 Å². The van der Waals surface area contributed by atoms with Gasteiger partial charge in [-0.1, -0.05) is 6.07 Å². The molecule has 1 aromatic carbocycles. The van der Waals surface area contributed by atoms with E-state index in [9.17, 15) is 9.59 Å². The lowest BCUT2D eigenvalue weighted by Crippen LogP contribution is -2.42. The number of carbonyl (C=O) groups excluding carboxylic acids is 2. The van der Waals surface area contributed by atoms with Gasteiger partial charge in [-0.05, 0) is 18.2 Å². The Morgan fingerprint density at radius 3 is 2.83 bits per heavy atom. The minimum Gasteiger partial charge on any atom is -0.497 e. The van der Waals surface area contributed by atoms with Gasteiger partial charge in [0.05, 0.1) is 7.11 Å². The largest absolute Gasteiger partial charge is 0.497 e. The number of benzene rings is 1. The van der Waals surface area contributed by atoms with Crippen molar-refractivity contribution in [2.75, 3.05) is 38.2 Å². The fourth-order valence-corrected chi connectivity index (χ4v) is 3.24. The number of hydrogen-bond donors (Lipinski definition) is 3. The molecule has 0 saturated carbocycles. The molecule has 0 aromatic heterocycles. The number of methoxy groups -OCH3 is 1. The summed E-state index contributed by atoms with van der Waals surface area (Å²) in [6.45, 7) is 1.78. The molecule has 1 unspecified atom stereocenters. The van der Waals surface area contributed by atoms with E-state index < -0.39 is 0 Å². The SMILES string of the molecule is COc1cccc(C(=O)NCCNC(=O)CC2CSCCN2)c1.Cl. The number of halogens is 1. The zero-order valence-corrected chi connectivity index (χ0v) is 15.3. The first kappa shape index (κ1) is 20.6. The Kier molecular flexibility index (Phi) is 9.59. The minimum absolute atomic E-state index is 0. The molecule has 2 rings (SSSR count). The van der Waals surface area contributed by atoms with E-state index in [2.05, 4.69) is 16.0 Å². The lowest BCUT2D eigenvalue weighted by molar-refractivity contribution is -0.121. The maximum Gasteiger partial charge on any atom is 0.251 e. The minimum atomic E-state index is -0.177. The maximum absolute atomic E-state index is 12.0. The summed E-state index contributed by atoms with van der Waals surface area (Å²) in [5, 5.41) is 8.94. The smallest absolute Gasteiger partial charge is 0.251 e. The van der Waals surface area contributed by atoms with E-state index in [-0.39, 0.29) is 30.3 Å². The van der Waals surface area contributed by atoms with E-state index in [1.54, 1.807) is 31.4 Å². The summed E-state index contributed by atoms with van der Waals surface area (Å²) in [6, 6.07) is 7.21. The summed E-state index contributed by atoms with van der Waals surface area (Å²) in [5.41, 5.74) is 0.541. The van der Waals surface area contributed by atoms with Crippen molar-refractivity contribution in [1.29, 1.82) is 0 Å². The third-order valence-electron chi connectivity index (χ3n) is 3.49. The highest BCUT2D eigenvalue weighted by Gasteiger charge is 2.16. The molecule has 6 nitrogen and oxygen atoms in total. The standard InChI is InChI=1S/C16H23N3O3S.ClH/c1-22-14-4-2-3-12(9-14)16(21)19-6-5-18-15(20)10-13-11-23-8-7-17-13;/h2-4,9,13,17H,5-8,10-11H2,1H3,(H,18,20)(H,19,21);1H. The highest BCUT2D eigenvalue weighted by atomic mass is 35.5. The lowest BCUT2D eigenvalue weighted by Gasteiger charge is -2.22. The van der Waals surface area contributed by atoms with Crippen LogP contribution in [0.25, 0.3) is 0 Å². The molecule has 0 bridgehead atoms. The second kappa shape index (κ2) is 11.2. The maximum atomic E-state index is 12.0. The van der Waals surface area contributed by atoms with Crippen molar-refractivity contribution in [3.63, 3.8) is 0 Å². The van der Waals surface area contributed by atoms with Crippen LogP contribution in [-0.2, 0) is 4.79 Å². The van der Waals surface area contributed by atoms with Gasteiger partial charge in [-0.25, -0.2) is 0 Å². The summed E-state index contributed by atoms with van der Waals surface area (Å²) in [4.78, 5) is 23.8. The predicted molar refractivity (Wildman–Crippen MR) is 99.3 cm³/mol. The molecular formula is C16H24ClN3O3S. The summed E-state index contributed by atoms with van der Waals surface area (Å²) in [6.07, 6.45) is 0.483. The van der Waals surface area contributed by atoms with Gasteiger partial charge in [0, 0.05) is 49.2 Å². The summed E-state index contributed by atoms with van der Waals surface area (Å²) >= 11 is 1.87. The number of amides is 2. The highest BCUT2D eigenvalue weighted by molar-refractivity contribution is 7.99. The van der Waals surface area contributed by atoms with Crippen LogP contribution in [0.4, 0.5) is 0 Å². The van der Waals surface area contributed by atoms with Crippen molar-refractivity contribution in [1.82, 2.24) is 16.0 Å². The highest BCUT2D eigenvalue weighted by Crippen LogP contribution is 2.12. The Bertz CT molecular complexity index is 539.